The number of halogens is 1. The van der Waals surface area contributed by atoms with Crippen LogP contribution >= 0.6 is 11.6 Å². The van der Waals surface area contributed by atoms with Gasteiger partial charge in [-0.2, -0.15) is 5.10 Å². The van der Waals surface area contributed by atoms with E-state index in [-0.39, 0.29) is 6.61 Å². The highest BCUT2D eigenvalue weighted by atomic mass is 35.5. The molecule has 1 heterocycles. The SMILES string of the molecule is CCc1nn(-c2ccccc2OC)c(Cl)c1CO. The molecule has 96 valence electrons. The van der Waals surface area contributed by atoms with Gasteiger partial charge < -0.3 is 9.84 Å². The van der Waals surface area contributed by atoms with Crippen LogP contribution in [0.2, 0.25) is 5.15 Å². The van der Waals surface area contributed by atoms with E-state index in [1.807, 2.05) is 31.2 Å². The van der Waals surface area contributed by atoms with E-state index >= 15 is 0 Å². The fourth-order valence-electron chi connectivity index (χ4n) is 1.88. The van der Waals surface area contributed by atoms with Gasteiger partial charge in [0.05, 0.1) is 19.4 Å². The van der Waals surface area contributed by atoms with Crippen molar-refractivity contribution in [2.24, 2.45) is 0 Å². The quantitative estimate of drug-likeness (QED) is 0.925. The smallest absolute Gasteiger partial charge is 0.144 e. The summed E-state index contributed by atoms with van der Waals surface area (Å²) in [6.07, 6.45) is 0.720. The third kappa shape index (κ3) is 2.09. The molecule has 0 amide bonds. The number of para-hydroxylation sites is 2. The van der Waals surface area contributed by atoms with E-state index in [9.17, 15) is 5.11 Å². The van der Waals surface area contributed by atoms with Gasteiger partial charge in [0.15, 0.2) is 0 Å². The lowest BCUT2D eigenvalue weighted by Crippen LogP contribution is -2.00. The number of aliphatic hydroxyl groups is 1. The summed E-state index contributed by atoms with van der Waals surface area (Å²) in [6, 6.07) is 7.49. The number of benzene rings is 1. The van der Waals surface area contributed by atoms with Crippen LogP contribution in [0.1, 0.15) is 18.2 Å². The van der Waals surface area contributed by atoms with Crippen molar-refractivity contribution in [3.05, 3.63) is 40.7 Å². The largest absolute Gasteiger partial charge is 0.494 e. The molecule has 4 nitrogen and oxygen atoms in total. The Morgan fingerprint density at radius 2 is 2.11 bits per heavy atom. The molecule has 1 N–H and O–H groups in total. The minimum Gasteiger partial charge on any atom is -0.494 e. The Balaban J connectivity index is 2.60. The first-order valence-corrected chi connectivity index (χ1v) is 6.11. The van der Waals surface area contributed by atoms with Gasteiger partial charge >= 0.3 is 0 Å². The van der Waals surface area contributed by atoms with Crippen molar-refractivity contribution in [2.45, 2.75) is 20.0 Å². The van der Waals surface area contributed by atoms with Crippen molar-refractivity contribution >= 4 is 11.6 Å². The molecule has 1 aromatic carbocycles. The van der Waals surface area contributed by atoms with Crippen LogP contribution in [0, 0.1) is 0 Å². The fraction of sp³-hybridized carbons (Fsp3) is 0.308. The van der Waals surface area contributed by atoms with Crippen LogP contribution in [0.5, 0.6) is 5.75 Å². The van der Waals surface area contributed by atoms with Crippen LogP contribution in [0.3, 0.4) is 0 Å². The van der Waals surface area contributed by atoms with Gasteiger partial charge in [-0.3, -0.25) is 0 Å². The van der Waals surface area contributed by atoms with E-state index in [0.29, 0.717) is 16.5 Å². The van der Waals surface area contributed by atoms with Gasteiger partial charge in [0.25, 0.3) is 0 Å². The highest BCUT2D eigenvalue weighted by molar-refractivity contribution is 6.30. The van der Waals surface area contributed by atoms with Crippen molar-refractivity contribution in [3.8, 4) is 11.4 Å². The van der Waals surface area contributed by atoms with Crippen LogP contribution in [0.4, 0.5) is 0 Å². The molecule has 5 heteroatoms. The number of rotatable bonds is 4. The normalized spacial score (nSPS) is 10.7. The Kier molecular flexibility index (Phi) is 3.89. The summed E-state index contributed by atoms with van der Waals surface area (Å²) >= 11 is 6.26. The Bertz CT molecular complexity index is 552. The highest BCUT2D eigenvalue weighted by Crippen LogP contribution is 2.29. The summed E-state index contributed by atoms with van der Waals surface area (Å²) in [7, 11) is 1.60. The lowest BCUT2D eigenvalue weighted by molar-refractivity contribution is 0.281. The number of aryl methyl sites for hydroxylation is 1. The molecule has 0 bridgehead atoms. The summed E-state index contributed by atoms with van der Waals surface area (Å²) < 4.78 is 6.89. The predicted octanol–water partition coefficient (Wildman–Crippen LogP) is 2.59. The van der Waals surface area contributed by atoms with Crippen molar-refractivity contribution in [1.82, 2.24) is 9.78 Å². The minimum atomic E-state index is -0.114. The molecule has 0 fully saturated rings. The first-order chi connectivity index (χ1) is 8.72. The molecular weight excluding hydrogens is 252 g/mol. The van der Waals surface area contributed by atoms with Crippen LogP contribution in [0.25, 0.3) is 5.69 Å². The Labute approximate surface area is 111 Å². The fourth-order valence-corrected chi connectivity index (χ4v) is 2.17. The summed E-state index contributed by atoms with van der Waals surface area (Å²) in [5.41, 5.74) is 2.23. The maximum atomic E-state index is 9.35. The highest BCUT2D eigenvalue weighted by Gasteiger charge is 2.17. The standard InChI is InChI=1S/C13H15ClN2O2/c1-3-10-9(8-17)13(14)16(15-10)11-6-4-5-7-12(11)18-2/h4-7,17H,3,8H2,1-2H3. The average Bonchev–Trinajstić information content (AvgIpc) is 2.74. The summed E-state index contributed by atoms with van der Waals surface area (Å²) in [6.45, 7) is 1.86. The molecule has 0 atom stereocenters. The third-order valence-electron chi connectivity index (χ3n) is 2.81. The lowest BCUT2D eigenvalue weighted by Gasteiger charge is -2.08. The van der Waals surface area contributed by atoms with Gasteiger partial charge in [-0.25, -0.2) is 4.68 Å². The van der Waals surface area contributed by atoms with Crippen molar-refractivity contribution in [1.29, 1.82) is 0 Å². The summed E-state index contributed by atoms with van der Waals surface area (Å²) in [5.74, 6) is 0.689. The molecule has 0 radical (unpaired) electrons. The van der Waals surface area contributed by atoms with E-state index in [1.165, 1.54) is 0 Å². The van der Waals surface area contributed by atoms with Crippen molar-refractivity contribution < 1.29 is 9.84 Å². The molecule has 0 spiro atoms. The maximum Gasteiger partial charge on any atom is 0.144 e. The second-order valence-electron chi connectivity index (χ2n) is 3.81. The zero-order valence-corrected chi connectivity index (χ0v) is 11.1. The van der Waals surface area contributed by atoms with Crippen LogP contribution in [-0.2, 0) is 13.0 Å². The van der Waals surface area contributed by atoms with E-state index in [2.05, 4.69) is 5.10 Å². The summed E-state index contributed by atoms with van der Waals surface area (Å²) in [5, 5.41) is 14.2. The lowest BCUT2D eigenvalue weighted by atomic mass is 10.2. The van der Waals surface area contributed by atoms with E-state index in [1.54, 1.807) is 11.8 Å². The zero-order valence-electron chi connectivity index (χ0n) is 10.4. The van der Waals surface area contributed by atoms with E-state index in [4.69, 9.17) is 16.3 Å². The van der Waals surface area contributed by atoms with E-state index in [0.717, 1.165) is 17.8 Å². The number of aromatic nitrogens is 2. The minimum absolute atomic E-state index is 0.114. The van der Waals surface area contributed by atoms with Crippen LogP contribution in [0.15, 0.2) is 24.3 Å². The van der Waals surface area contributed by atoms with Crippen LogP contribution < -0.4 is 4.74 Å². The number of methoxy groups -OCH3 is 1. The number of hydrogen-bond donors (Lipinski definition) is 1. The topological polar surface area (TPSA) is 47.3 Å². The molecule has 0 aliphatic carbocycles. The number of nitrogens with zero attached hydrogens (tertiary/aromatic N) is 2. The second-order valence-corrected chi connectivity index (χ2v) is 4.17. The van der Waals surface area contributed by atoms with Crippen molar-refractivity contribution in [2.75, 3.05) is 7.11 Å². The van der Waals surface area contributed by atoms with Crippen LogP contribution in [-0.4, -0.2) is 22.0 Å². The molecule has 0 saturated heterocycles. The number of ether oxygens (including phenoxy) is 1. The average molecular weight is 267 g/mol. The Hall–Kier alpha value is -1.52. The maximum absolute atomic E-state index is 9.35. The first-order valence-electron chi connectivity index (χ1n) is 5.73. The van der Waals surface area contributed by atoms with Gasteiger partial charge in [0.1, 0.15) is 16.6 Å². The van der Waals surface area contributed by atoms with Crippen molar-refractivity contribution in [3.63, 3.8) is 0 Å². The zero-order chi connectivity index (χ0) is 13.1. The molecule has 2 aromatic rings. The molecule has 18 heavy (non-hydrogen) atoms. The monoisotopic (exact) mass is 266 g/mol. The Morgan fingerprint density at radius 1 is 1.39 bits per heavy atom. The molecular formula is C13H15ClN2O2. The predicted molar refractivity (Wildman–Crippen MR) is 70.4 cm³/mol. The molecule has 0 aliphatic rings. The molecule has 2 rings (SSSR count). The molecule has 0 unspecified atom stereocenters. The van der Waals surface area contributed by atoms with Gasteiger partial charge in [-0.15, -0.1) is 0 Å². The number of hydrogen-bond acceptors (Lipinski definition) is 3. The third-order valence-corrected chi connectivity index (χ3v) is 3.20. The van der Waals surface area contributed by atoms with Gasteiger partial charge in [-0.05, 0) is 18.6 Å². The molecule has 0 saturated carbocycles. The molecule has 0 aliphatic heterocycles. The van der Waals surface area contributed by atoms with Gasteiger partial charge in [0.2, 0.25) is 0 Å². The van der Waals surface area contributed by atoms with Gasteiger partial charge in [-0.1, -0.05) is 30.7 Å². The first kappa shape index (κ1) is 12.9. The van der Waals surface area contributed by atoms with Gasteiger partial charge in [0, 0.05) is 5.56 Å². The second kappa shape index (κ2) is 5.42. The summed E-state index contributed by atoms with van der Waals surface area (Å²) in [4.78, 5) is 0. The number of aliphatic hydroxyl groups excluding tert-OH is 1. The molecule has 1 aromatic heterocycles. The Morgan fingerprint density at radius 3 is 2.67 bits per heavy atom. The van der Waals surface area contributed by atoms with E-state index < -0.39 is 0 Å².